The van der Waals surface area contributed by atoms with Crippen LogP contribution in [-0.4, -0.2) is 37.7 Å². The molecule has 5 aromatic rings. The van der Waals surface area contributed by atoms with Crippen LogP contribution in [-0.2, 0) is 0 Å². The maximum Gasteiger partial charge on any atom is 0.255 e. The summed E-state index contributed by atoms with van der Waals surface area (Å²) < 4.78 is 7.05. The summed E-state index contributed by atoms with van der Waals surface area (Å²) in [5.74, 6) is 0.832. The summed E-state index contributed by atoms with van der Waals surface area (Å²) in [5.41, 5.74) is 5.67. The van der Waals surface area contributed by atoms with E-state index in [0.29, 0.717) is 28.6 Å². The zero-order valence-corrected chi connectivity index (χ0v) is 20.8. The molecular formula is C29H26N6O2. The zero-order chi connectivity index (χ0) is 25.8. The van der Waals surface area contributed by atoms with Crippen LogP contribution in [0.3, 0.4) is 0 Å². The molecule has 1 N–H and O–H groups in total. The molecule has 5 rings (SSSR count). The fraction of sp³-hybridized carbons (Fsp3) is 0.138. The van der Waals surface area contributed by atoms with Gasteiger partial charge in [-0.3, -0.25) is 9.78 Å². The highest BCUT2D eigenvalue weighted by molar-refractivity contribution is 5.95. The molecule has 0 aliphatic heterocycles. The van der Waals surface area contributed by atoms with Gasteiger partial charge in [0.2, 0.25) is 0 Å². The number of rotatable bonds is 7. The molecule has 184 valence electrons. The van der Waals surface area contributed by atoms with Crippen molar-refractivity contribution >= 4 is 5.91 Å². The second-order valence-corrected chi connectivity index (χ2v) is 8.60. The number of ether oxygens (including phenoxy) is 1. The fourth-order valence-electron chi connectivity index (χ4n) is 4.17. The summed E-state index contributed by atoms with van der Waals surface area (Å²) >= 11 is 0. The Kier molecular flexibility index (Phi) is 6.72. The second kappa shape index (κ2) is 10.4. The number of amides is 1. The lowest BCUT2D eigenvalue weighted by Gasteiger charge is -2.20. The van der Waals surface area contributed by atoms with E-state index in [1.165, 1.54) is 0 Å². The van der Waals surface area contributed by atoms with Gasteiger partial charge < -0.3 is 10.1 Å². The number of hydrogen-bond donors (Lipinski definition) is 1. The summed E-state index contributed by atoms with van der Waals surface area (Å²) in [6.07, 6.45) is 6.65. The van der Waals surface area contributed by atoms with E-state index in [2.05, 4.69) is 20.4 Å². The van der Waals surface area contributed by atoms with Gasteiger partial charge in [-0.05, 0) is 55.3 Å². The first-order valence-corrected chi connectivity index (χ1v) is 11.8. The SMILES string of the molecule is COc1ccccc1-c1ccnc(-n2ncc(C(=O)NC(c3ccncc3)c3ccc(C)cc3)c2C)n1. The Labute approximate surface area is 215 Å². The number of carbonyl (C=O) groups excluding carboxylic acids is 1. The Balaban J connectivity index is 1.45. The molecule has 0 spiro atoms. The van der Waals surface area contributed by atoms with Crippen LogP contribution in [0.4, 0.5) is 0 Å². The summed E-state index contributed by atoms with van der Waals surface area (Å²) in [5, 5.41) is 7.60. The van der Waals surface area contributed by atoms with Crippen molar-refractivity contribution in [2.24, 2.45) is 0 Å². The van der Waals surface area contributed by atoms with Gasteiger partial charge in [-0.1, -0.05) is 42.0 Å². The van der Waals surface area contributed by atoms with Crippen molar-refractivity contribution in [3.63, 3.8) is 0 Å². The minimum absolute atomic E-state index is 0.243. The maximum absolute atomic E-state index is 13.5. The van der Waals surface area contributed by atoms with Crippen molar-refractivity contribution in [2.45, 2.75) is 19.9 Å². The summed E-state index contributed by atoms with van der Waals surface area (Å²) in [7, 11) is 1.62. The molecule has 1 unspecified atom stereocenters. The first kappa shape index (κ1) is 23.9. The Morgan fingerprint density at radius 2 is 1.65 bits per heavy atom. The summed E-state index contributed by atoms with van der Waals surface area (Å²) in [6.45, 7) is 3.86. The van der Waals surface area contributed by atoms with E-state index in [1.54, 1.807) is 36.6 Å². The molecule has 0 radical (unpaired) electrons. The minimum Gasteiger partial charge on any atom is -0.496 e. The van der Waals surface area contributed by atoms with E-state index in [1.807, 2.05) is 80.6 Å². The first-order chi connectivity index (χ1) is 18.0. The van der Waals surface area contributed by atoms with Gasteiger partial charge >= 0.3 is 0 Å². The van der Waals surface area contributed by atoms with Crippen LogP contribution >= 0.6 is 0 Å². The minimum atomic E-state index is -0.344. The van der Waals surface area contributed by atoms with Crippen molar-refractivity contribution in [3.05, 3.63) is 119 Å². The van der Waals surface area contributed by atoms with Gasteiger partial charge in [0.15, 0.2) is 0 Å². The van der Waals surface area contributed by atoms with E-state index >= 15 is 0 Å². The van der Waals surface area contributed by atoms with Crippen LogP contribution in [0.2, 0.25) is 0 Å². The van der Waals surface area contributed by atoms with Crippen molar-refractivity contribution in [3.8, 4) is 23.0 Å². The predicted octanol–water partition coefficient (Wildman–Crippen LogP) is 4.87. The number of methoxy groups -OCH3 is 1. The number of aryl methyl sites for hydroxylation is 1. The zero-order valence-electron chi connectivity index (χ0n) is 20.8. The van der Waals surface area contributed by atoms with Gasteiger partial charge in [0.1, 0.15) is 5.75 Å². The average molecular weight is 491 g/mol. The van der Waals surface area contributed by atoms with Gasteiger partial charge in [-0.2, -0.15) is 5.10 Å². The predicted molar refractivity (Wildman–Crippen MR) is 141 cm³/mol. The molecule has 0 fully saturated rings. The van der Waals surface area contributed by atoms with E-state index in [9.17, 15) is 4.79 Å². The molecule has 1 atom stereocenters. The highest BCUT2D eigenvalue weighted by Gasteiger charge is 2.22. The Morgan fingerprint density at radius 3 is 2.41 bits per heavy atom. The number of nitrogens with one attached hydrogen (secondary N) is 1. The third kappa shape index (κ3) is 4.95. The lowest BCUT2D eigenvalue weighted by atomic mass is 9.98. The molecule has 3 heterocycles. The molecule has 37 heavy (non-hydrogen) atoms. The fourth-order valence-corrected chi connectivity index (χ4v) is 4.17. The van der Waals surface area contributed by atoms with Gasteiger partial charge in [-0.15, -0.1) is 0 Å². The normalized spacial score (nSPS) is 11.6. The van der Waals surface area contributed by atoms with Crippen LogP contribution in [0.1, 0.15) is 38.8 Å². The molecule has 3 aromatic heterocycles. The quantitative estimate of drug-likeness (QED) is 0.350. The van der Waals surface area contributed by atoms with Gasteiger partial charge in [0.05, 0.1) is 36.3 Å². The highest BCUT2D eigenvalue weighted by atomic mass is 16.5. The number of hydrogen-bond acceptors (Lipinski definition) is 6. The molecule has 8 nitrogen and oxygen atoms in total. The number of carbonyl (C=O) groups is 1. The smallest absolute Gasteiger partial charge is 0.255 e. The molecule has 1 amide bonds. The van der Waals surface area contributed by atoms with E-state index in [0.717, 1.165) is 22.3 Å². The van der Waals surface area contributed by atoms with Crippen molar-refractivity contribution < 1.29 is 9.53 Å². The van der Waals surface area contributed by atoms with E-state index in [-0.39, 0.29) is 11.9 Å². The summed E-state index contributed by atoms with van der Waals surface area (Å²) in [6, 6.07) is 21.0. The highest BCUT2D eigenvalue weighted by Crippen LogP contribution is 2.28. The molecular weight excluding hydrogens is 464 g/mol. The maximum atomic E-state index is 13.5. The van der Waals surface area contributed by atoms with Crippen LogP contribution in [0.25, 0.3) is 17.2 Å². The molecule has 0 aliphatic rings. The average Bonchev–Trinajstić information content (AvgIpc) is 3.34. The largest absolute Gasteiger partial charge is 0.496 e. The number of aromatic nitrogens is 5. The van der Waals surface area contributed by atoms with Crippen LogP contribution in [0, 0.1) is 13.8 Å². The van der Waals surface area contributed by atoms with Crippen LogP contribution < -0.4 is 10.1 Å². The number of para-hydroxylation sites is 1. The Hall–Kier alpha value is -4.85. The first-order valence-electron chi connectivity index (χ1n) is 11.8. The second-order valence-electron chi connectivity index (χ2n) is 8.60. The monoisotopic (exact) mass is 490 g/mol. The van der Waals surface area contributed by atoms with Gasteiger partial charge in [-0.25, -0.2) is 14.6 Å². The topological polar surface area (TPSA) is 94.8 Å². The summed E-state index contributed by atoms with van der Waals surface area (Å²) in [4.78, 5) is 26.7. The van der Waals surface area contributed by atoms with Crippen LogP contribution in [0.5, 0.6) is 5.75 Å². The number of benzene rings is 2. The number of nitrogens with zero attached hydrogens (tertiary/aromatic N) is 5. The third-order valence-corrected chi connectivity index (χ3v) is 6.20. The molecule has 0 bridgehead atoms. The molecule has 0 saturated carbocycles. The van der Waals surface area contributed by atoms with Gasteiger partial charge in [0, 0.05) is 24.2 Å². The van der Waals surface area contributed by atoms with Crippen LogP contribution in [0.15, 0.2) is 91.5 Å². The van der Waals surface area contributed by atoms with Crippen molar-refractivity contribution in [1.82, 2.24) is 30.0 Å². The van der Waals surface area contributed by atoms with Crippen molar-refractivity contribution in [2.75, 3.05) is 7.11 Å². The molecule has 0 aliphatic carbocycles. The van der Waals surface area contributed by atoms with Gasteiger partial charge in [0.25, 0.3) is 11.9 Å². The van der Waals surface area contributed by atoms with E-state index < -0.39 is 0 Å². The lowest BCUT2D eigenvalue weighted by molar-refractivity contribution is 0.0942. The Morgan fingerprint density at radius 1 is 0.919 bits per heavy atom. The standard InChI is InChI=1S/C29H26N6O2/c1-19-8-10-21(11-9-19)27(22-12-15-30-16-13-22)34-28(36)24-18-32-35(20(24)2)29-31-17-14-25(33-29)23-6-4-5-7-26(23)37-3/h4-18,27H,1-3H3,(H,34,36). The van der Waals surface area contributed by atoms with E-state index in [4.69, 9.17) is 9.72 Å². The number of pyridine rings is 1. The van der Waals surface area contributed by atoms with Crippen molar-refractivity contribution in [1.29, 1.82) is 0 Å². The lowest BCUT2D eigenvalue weighted by Crippen LogP contribution is -2.29. The Bertz CT molecular complexity index is 1530. The third-order valence-electron chi connectivity index (χ3n) is 6.20. The molecule has 8 heteroatoms. The molecule has 2 aromatic carbocycles. The molecule has 0 saturated heterocycles.